The summed E-state index contributed by atoms with van der Waals surface area (Å²) in [6.45, 7) is -0.547. The number of nitrogens with one attached hydrogen (secondary N) is 1. The Labute approximate surface area is 218 Å². The maximum Gasteiger partial charge on any atom is 0.264 e. The number of hydrogen-bond donors (Lipinski definition) is 1. The molecule has 11 heteroatoms. The van der Waals surface area contributed by atoms with Crippen LogP contribution in [0.4, 0.5) is 11.4 Å². The number of hydrogen-bond acceptors (Lipinski definition) is 6. The number of ether oxygens (including phenoxy) is 1. The maximum absolute atomic E-state index is 13.5. The maximum atomic E-state index is 13.5. The second-order valence-corrected chi connectivity index (χ2v) is 10.7. The number of sulfonamides is 1. The van der Waals surface area contributed by atoms with E-state index in [1.54, 1.807) is 24.3 Å². The van der Waals surface area contributed by atoms with E-state index >= 15 is 0 Å². The number of nitrogens with zero attached hydrogens (tertiary/aromatic N) is 3. The number of amides is 1. The Morgan fingerprint density at radius 3 is 2.43 bits per heavy atom. The van der Waals surface area contributed by atoms with E-state index in [-0.39, 0.29) is 16.3 Å². The number of benzene rings is 3. The summed E-state index contributed by atoms with van der Waals surface area (Å²) in [4.78, 5) is 14.7. The van der Waals surface area contributed by atoms with E-state index in [1.807, 2.05) is 37.2 Å². The molecule has 3 rings (SSSR count). The van der Waals surface area contributed by atoms with Crippen molar-refractivity contribution in [1.82, 2.24) is 5.43 Å². The lowest BCUT2D eigenvalue weighted by molar-refractivity contribution is -0.119. The topological polar surface area (TPSA) is 91.3 Å². The normalized spacial score (nSPS) is 11.3. The minimum absolute atomic E-state index is 0.0177. The van der Waals surface area contributed by atoms with Crippen LogP contribution < -0.4 is 19.4 Å². The first-order chi connectivity index (χ1) is 16.6. The highest BCUT2D eigenvalue weighted by Gasteiger charge is 2.29. The van der Waals surface area contributed by atoms with Gasteiger partial charge in [-0.1, -0.05) is 35.9 Å². The molecule has 0 bridgehead atoms. The van der Waals surface area contributed by atoms with Crippen LogP contribution in [0.1, 0.15) is 5.56 Å². The van der Waals surface area contributed by atoms with Crippen LogP contribution in [0.15, 0.2) is 81.2 Å². The molecule has 8 nitrogen and oxygen atoms in total. The van der Waals surface area contributed by atoms with Crippen LogP contribution >= 0.6 is 27.5 Å². The van der Waals surface area contributed by atoms with Crippen LogP contribution in [-0.4, -0.2) is 48.3 Å². The minimum atomic E-state index is -4.12. The summed E-state index contributed by atoms with van der Waals surface area (Å²) >= 11 is 9.64. The zero-order chi connectivity index (χ0) is 25.6. The van der Waals surface area contributed by atoms with E-state index in [1.165, 1.54) is 37.6 Å². The number of halogens is 2. The van der Waals surface area contributed by atoms with Gasteiger partial charge < -0.3 is 9.64 Å². The highest BCUT2D eigenvalue weighted by molar-refractivity contribution is 9.10. The van der Waals surface area contributed by atoms with E-state index in [9.17, 15) is 13.2 Å². The number of carbonyl (C=O) groups is 1. The molecule has 3 aromatic carbocycles. The van der Waals surface area contributed by atoms with Gasteiger partial charge in [0.15, 0.2) is 0 Å². The lowest BCUT2D eigenvalue weighted by atomic mass is 10.2. The fourth-order valence-electron chi connectivity index (χ4n) is 3.19. The van der Waals surface area contributed by atoms with Crippen molar-refractivity contribution in [2.45, 2.75) is 4.90 Å². The average Bonchev–Trinajstić information content (AvgIpc) is 2.83. The zero-order valence-corrected chi connectivity index (χ0v) is 22.4. The lowest BCUT2D eigenvalue weighted by Gasteiger charge is -2.25. The Morgan fingerprint density at radius 1 is 1.09 bits per heavy atom. The van der Waals surface area contributed by atoms with Gasteiger partial charge in [-0.15, -0.1) is 0 Å². The molecule has 0 atom stereocenters. The third kappa shape index (κ3) is 6.53. The van der Waals surface area contributed by atoms with Gasteiger partial charge >= 0.3 is 0 Å². The minimum Gasteiger partial charge on any atom is -0.495 e. The van der Waals surface area contributed by atoms with Crippen molar-refractivity contribution < 1.29 is 17.9 Å². The molecule has 0 unspecified atom stereocenters. The van der Waals surface area contributed by atoms with Crippen LogP contribution in [0.3, 0.4) is 0 Å². The van der Waals surface area contributed by atoms with Crippen molar-refractivity contribution in [3.8, 4) is 5.75 Å². The molecule has 1 amide bonds. The van der Waals surface area contributed by atoms with E-state index in [4.69, 9.17) is 16.3 Å². The predicted molar refractivity (Wildman–Crippen MR) is 143 cm³/mol. The van der Waals surface area contributed by atoms with Crippen LogP contribution in [0.5, 0.6) is 5.75 Å². The summed E-state index contributed by atoms with van der Waals surface area (Å²) in [6.07, 6.45) is 1.47. The van der Waals surface area contributed by atoms with Crippen LogP contribution in [0.2, 0.25) is 5.02 Å². The molecule has 0 saturated carbocycles. The Kier molecular flexibility index (Phi) is 8.76. The van der Waals surface area contributed by atoms with Gasteiger partial charge in [0.05, 0.1) is 29.6 Å². The first-order valence-corrected chi connectivity index (χ1v) is 12.9. The third-order valence-corrected chi connectivity index (χ3v) is 7.53. The molecule has 0 heterocycles. The van der Waals surface area contributed by atoms with Gasteiger partial charge in [-0.05, 0) is 64.0 Å². The van der Waals surface area contributed by atoms with Crippen LogP contribution in [0, 0.1) is 0 Å². The largest absolute Gasteiger partial charge is 0.495 e. The molecule has 35 heavy (non-hydrogen) atoms. The highest BCUT2D eigenvalue weighted by Crippen LogP contribution is 2.34. The lowest BCUT2D eigenvalue weighted by Crippen LogP contribution is -2.39. The fourth-order valence-corrected chi connectivity index (χ4v) is 5.55. The molecule has 0 aliphatic carbocycles. The summed E-state index contributed by atoms with van der Waals surface area (Å²) in [6, 6.07) is 18.0. The number of rotatable bonds is 9. The van der Waals surface area contributed by atoms with Crippen molar-refractivity contribution in [2.75, 3.05) is 37.0 Å². The number of anilines is 2. The highest BCUT2D eigenvalue weighted by atomic mass is 79.9. The Hall–Kier alpha value is -3.08. The molecule has 1 N–H and O–H groups in total. The van der Waals surface area contributed by atoms with Crippen molar-refractivity contribution in [1.29, 1.82) is 0 Å². The molecule has 0 fully saturated rings. The summed E-state index contributed by atoms with van der Waals surface area (Å²) in [5.41, 5.74) is 4.25. The van der Waals surface area contributed by atoms with E-state index in [2.05, 4.69) is 26.5 Å². The van der Waals surface area contributed by atoms with Crippen molar-refractivity contribution in [2.24, 2.45) is 5.10 Å². The molecule has 0 aliphatic heterocycles. The van der Waals surface area contributed by atoms with Gasteiger partial charge in [0.25, 0.3) is 15.9 Å². The summed E-state index contributed by atoms with van der Waals surface area (Å²) in [5.74, 6) is -0.400. The number of hydrazone groups is 1. The van der Waals surface area contributed by atoms with Gasteiger partial charge in [-0.2, -0.15) is 5.10 Å². The quantitative estimate of drug-likeness (QED) is 0.297. The molecule has 184 valence electrons. The predicted octanol–water partition coefficient (Wildman–Crippen LogP) is 4.52. The summed E-state index contributed by atoms with van der Waals surface area (Å²) < 4.78 is 34.1. The molecule has 3 aromatic rings. The first-order valence-electron chi connectivity index (χ1n) is 10.3. The standard InChI is InChI=1S/C24H24BrClN4O4S/c1-29(2)21-11-9-17(13-20(21)25)15-27-28-24(31)16-30(22-14-18(26)10-12-23(22)34-3)35(32,33)19-7-5-4-6-8-19/h4-15H,16H2,1-3H3,(H,28,31)/b27-15-. The fraction of sp³-hybridized carbons (Fsp3) is 0.167. The molecular weight excluding hydrogens is 556 g/mol. The van der Waals surface area contributed by atoms with Gasteiger partial charge in [0.2, 0.25) is 0 Å². The summed E-state index contributed by atoms with van der Waals surface area (Å²) in [7, 11) is 1.14. The first kappa shape index (κ1) is 26.5. The monoisotopic (exact) mass is 578 g/mol. The average molecular weight is 580 g/mol. The van der Waals surface area contributed by atoms with Crippen molar-refractivity contribution >= 4 is 61.1 Å². The van der Waals surface area contributed by atoms with Gasteiger partial charge in [0, 0.05) is 23.6 Å². The molecule has 0 radical (unpaired) electrons. The number of carbonyl (C=O) groups excluding carboxylic acids is 1. The van der Waals surface area contributed by atoms with E-state index in [0.29, 0.717) is 5.02 Å². The Balaban J connectivity index is 1.87. The van der Waals surface area contributed by atoms with E-state index < -0.39 is 22.5 Å². The van der Waals surface area contributed by atoms with Gasteiger partial charge in [0.1, 0.15) is 12.3 Å². The molecule has 0 aromatic heterocycles. The van der Waals surface area contributed by atoms with Crippen molar-refractivity contribution in [3.63, 3.8) is 0 Å². The second kappa shape index (κ2) is 11.6. The zero-order valence-electron chi connectivity index (χ0n) is 19.3. The second-order valence-electron chi connectivity index (χ2n) is 7.54. The molecule has 0 spiro atoms. The van der Waals surface area contributed by atoms with Crippen molar-refractivity contribution in [3.05, 3.63) is 81.8 Å². The van der Waals surface area contributed by atoms with Gasteiger partial charge in [-0.3, -0.25) is 9.10 Å². The summed E-state index contributed by atoms with van der Waals surface area (Å²) in [5, 5.41) is 4.27. The Morgan fingerprint density at radius 2 is 1.80 bits per heavy atom. The number of methoxy groups -OCH3 is 1. The van der Waals surface area contributed by atoms with E-state index in [0.717, 1.165) is 20.0 Å². The molecular formula is C24H24BrClN4O4S. The third-order valence-electron chi connectivity index (χ3n) is 4.88. The van der Waals surface area contributed by atoms with Gasteiger partial charge in [-0.25, -0.2) is 13.8 Å². The SMILES string of the molecule is COc1ccc(Cl)cc1N(CC(=O)N/N=C\c1ccc(N(C)C)c(Br)c1)S(=O)(=O)c1ccccc1. The van der Waals surface area contributed by atoms with Crippen LogP contribution in [-0.2, 0) is 14.8 Å². The smallest absolute Gasteiger partial charge is 0.264 e. The van der Waals surface area contributed by atoms with Crippen LogP contribution in [0.25, 0.3) is 0 Å². The molecule has 0 aliphatic rings. The molecule has 0 saturated heterocycles. The Bertz CT molecular complexity index is 1330.